The molecule has 4 N–H and O–H groups in total. The Kier molecular flexibility index (Phi) is 5.20. The molecule has 1 aromatic rings. The monoisotopic (exact) mass is 292 g/mol. The number of benzene rings is 1. The Hall–Kier alpha value is -1.96. The van der Waals surface area contributed by atoms with Crippen LogP contribution in [0.5, 0.6) is 11.5 Å². The molecule has 0 heterocycles. The maximum Gasteiger partial charge on any atom is 0.401 e. The standard InChI is InChI=1S/C12H15F3N2O3/c1-19-10-4-7(5-18)2-3-9(10)20-6-8(11(16)17)12(13,14)15/h2-4,8,18H,5-6H2,1H3,(H3,16,17). The highest BCUT2D eigenvalue weighted by Gasteiger charge is 2.42. The van der Waals surface area contributed by atoms with Crippen LogP contribution in [0.4, 0.5) is 13.2 Å². The molecule has 1 unspecified atom stereocenters. The summed E-state index contributed by atoms with van der Waals surface area (Å²) in [5, 5.41) is 15.9. The number of halogens is 3. The molecule has 0 saturated heterocycles. The van der Waals surface area contributed by atoms with E-state index in [4.69, 9.17) is 25.7 Å². The van der Waals surface area contributed by atoms with Crippen LogP contribution < -0.4 is 15.2 Å². The molecule has 0 aromatic heterocycles. The Balaban J connectivity index is 2.85. The molecule has 5 nitrogen and oxygen atoms in total. The fourth-order valence-corrected chi connectivity index (χ4v) is 1.46. The SMILES string of the molecule is COc1cc(CO)ccc1OCC(C(=N)N)C(F)(F)F. The molecule has 0 amide bonds. The van der Waals surface area contributed by atoms with Crippen molar-refractivity contribution in [3.05, 3.63) is 23.8 Å². The van der Waals surface area contributed by atoms with Crippen molar-refractivity contribution in [1.82, 2.24) is 0 Å². The number of ether oxygens (including phenoxy) is 2. The number of methoxy groups -OCH3 is 1. The second-order valence-corrected chi connectivity index (χ2v) is 4.00. The lowest BCUT2D eigenvalue weighted by Crippen LogP contribution is -2.39. The summed E-state index contributed by atoms with van der Waals surface area (Å²) in [6, 6.07) is 4.33. The van der Waals surface area contributed by atoms with E-state index >= 15 is 0 Å². The topological polar surface area (TPSA) is 88.6 Å². The van der Waals surface area contributed by atoms with Crippen molar-refractivity contribution >= 4 is 5.84 Å². The van der Waals surface area contributed by atoms with Crippen molar-refractivity contribution < 1.29 is 27.8 Å². The highest BCUT2D eigenvalue weighted by Crippen LogP contribution is 2.31. The lowest BCUT2D eigenvalue weighted by Gasteiger charge is -2.20. The molecule has 0 bridgehead atoms. The molecular weight excluding hydrogens is 277 g/mol. The Morgan fingerprint density at radius 1 is 1.40 bits per heavy atom. The lowest BCUT2D eigenvalue weighted by molar-refractivity contribution is -0.162. The molecule has 0 aliphatic heterocycles. The lowest BCUT2D eigenvalue weighted by atomic mass is 10.1. The molecule has 112 valence electrons. The van der Waals surface area contributed by atoms with Gasteiger partial charge in [0.25, 0.3) is 0 Å². The number of nitrogens with two attached hydrogens (primary N) is 1. The second-order valence-electron chi connectivity index (χ2n) is 4.00. The van der Waals surface area contributed by atoms with Gasteiger partial charge in [-0.05, 0) is 17.7 Å². The third-order valence-electron chi connectivity index (χ3n) is 2.59. The number of amidine groups is 1. The van der Waals surface area contributed by atoms with E-state index in [2.05, 4.69) is 0 Å². The van der Waals surface area contributed by atoms with Gasteiger partial charge in [0.1, 0.15) is 18.4 Å². The summed E-state index contributed by atoms with van der Waals surface area (Å²) in [4.78, 5) is 0. The van der Waals surface area contributed by atoms with Gasteiger partial charge in [-0.1, -0.05) is 6.07 Å². The van der Waals surface area contributed by atoms with Crippen molar-refractivity contribution in [2.45, 2.75) is 12.8 Å². The van der Waals surface area contributed by atoms with Gasteiger partial charge in [0.05, 0.1) is 13.7 Å². The number of hydrogen-bond acceptors (Lipinski definition) is 4. The second kappa shape index (κ2) is 6.47. The fraction of sp³-hybridized carbons (Fsp3) is 0.417. The van der Waals surface area contributed by atoms with Gasteiger partial charge in [-0.25, -0.2) is 0 Å². The Morgan fingerprint density at radius 3 is 2.50 bits per heavy atom. The van der Waals surface area contributed by atoms with E-state index < -0.39 is 24.5 Å². The zero-order valence-corrected chi connectivity index (χ0v) is 10.7. The molecule has 0 radical (unpaired) electrons. The molecule has 20 heavy (non-hydrogen) atoms. The summed E-state index contributed by atoms with van der Waals surface area (Å²) < 4.78 is 47.8. The number of nitrogens with one attached hydrogen (secondary N) is 1. The molecule has 8 heteroatoms. The van der Waals surface area contributed by atoms with Crippen molar-refractivity contribution in [3.8, 4) is 11.5 Å². The van der Waals surface area contributed by atoms with Crippen LogP contribution >= 0.6 is 0 Å². The molecule has 0 aliphatic carbocycles. The van der Waals surface area contributed by atoms with Gasteiger partial charge in [0, 0.05) is 0 Å². The summed E-state index contributed by atoms with van der Waals surface area (Å²) in [6.45, 7) is -1.04. The Labute approximate surface area is 113 Å². The molecular formula is C12H15F3N2O3. The van der Waals surface area contributed by atoms with Crippen LogP contribution in [0.1, 0.15) is 5.56 Å². The van der Waals surface area contributed by atoms with Gasteiger partial charge in [-0.15, -0.1) is 0 Å². The normalized spacial score (nSPS) is 12.8. The van der Waals surface area contributed by atoms with Crippen LogP contribution in [0.15, 0.2) is 18.2 Å². The Bertz CT molecular complexity index is 478. The van der Waals surface area contributed by atoms with Gasteiger partial charge < -0.3 is 20.3 Å². The fourth-order valence-electron chi connectivity index (χ4n) is 1.46. The van der Waals surface area contributed by atoms with Crippen LogP contribution in [-0.2, 0) is 6.61 Å². The maximum absolute atomic E-state index is 12.6. The third-order valence-corrected chi connectivity index (χ3v) is 2.59. The molecule has 0 spiro atoms. The average molecular weight is 292 g/mol. The first-order valence-electron chi connectivity index (χ1n) is 5.60. The first kappa shape index (κ1) is 16.1. The van der Waals surface area contributed by atoms with Crippen molar-refractivity contribution in [3.63, 3.8) is 0 Å². The molecule has 0 saturated carbocycles. The summed E-state index contributed by atoms with van der Waals surface area (Å²) in [5.74, 6) is -2.91. The van der Waals surface area contributed by atoms with E-state index in [9.17, 15) is 13.2 Å². The molecule has 0 fully saturated rings. The predicted molar refractivity (Wildman–Crippen MR) is 65.9 cm³/mol. The minimum absolute atomic E-state index is 0.0835. The predicted octanol–water partition coefficient (Wildman–Crippen LogP) is 1.68. The largest absolute Gasteiger partial charge is 0.493 e. The van der Waals surface area contributed by atoms with Crippen LogP contribution in [0.3, 0.4) is 0 Å². The van der Waals surface area contributed by atoms with Crippen LogP contribution in [0, 0.1) is 11.3 Å². The molecule has 1 aromatic carbocycles. The summed E-state index contributed by atoms with van der Waals surface area (Å²) in [7, 11) is 1.33. The van der Waals surface area contributed by atoms with Gasteiger partial charge in [-0.2, -0.15) is 13.2 Å². The van der Waals surface area contributed by atoms with E-state index in [1.807, 2.05) is 0 Å². The van der Waals surface area contributed by atoms with Crippen molar-refractivity contribution in [2.75, 3.05) is 13.7 Å². The number of hydrogen-bond donors (Lipinski definition) is 3. The number of aliphatic hydroxyl groups excluding tert-OH is 1. The molecule has 0 aliphatic rings. The number of rotatable bonds is 6. The van der Waals surface area contributed by atoms with Crippen LogP contribution in [-0.4, -0.2) is 30.8 Å². The summed E-state index contributed by atoms with van der Waals surface area (Å²) in [6.07, 6.45) is -4.65. The number of aliphatic hydroxyl groups is 1. The highest BCUT2D eigenvalue weighted by atomic mass is 19.4. The van der Waals surface area contributed by atoms with E-state index in [-0.39, 0.29) is 18.1 Å². The van der Waals surface area contributed by atoms with E-state index in [1.165, 1.54) is 25.3 Å². The van der Waals surface area contributed by atoms with Crippen molar-refractivity contribution in [1.29, 1.82) is 5.41 Å². The van der Waals surface area contributed by atoms with E-state index in [1.54, 1.807) is 0 Å². The van der Waals surface area contributed by atoms with Gasteiger partial charge in [-0.3, -0.25) is 5.41 Å². The van der Waals surface area contributed by atoms with Gasteiger partial charge in [0.15, 0.2) is 11.5 Å². The van der Waals surface area contributed by atoms with Gasteiger partial charge in [0.2, 0.25) is 0 Å². The summed E-state index contributed by atoms with van der Waals surface area (Å²) in [5.41, 5.74) is 5.46. The molecule has 1 rings (SSSR count). The molecule has 1 atom stereocenters. The smallest absolute Gasteiger partial charge is 0.401 e. The average Bonchev–Trinajstić information content (AvgIpc) is 2.37. The minimum Gasteiger partial charge on any atom is -0.493 e. The summed E-state index contributed by atoms with van der Waals surface area (Å²) >= 11 is 0. The maximum atomic E-state index is 12.6. The van der Waals surface area contributed by atoms with Crippen molar-refractivity contribution in [2.24, 2.45) is 11.7 Å². The first-order chi connectivity index (χ1) is 9.29. The van der Waals surface area contributed by atoms with E-state index in [0.29, 0.717) is 5.56 Å². The zero-order chi connectivity index (χ0) is 15.3. The van der Waals surface area contributed by atoms with Crippen LogP contribution in [0.25, 0.3) is 0 Å². The first-order valence-corrected chi connectivity index (χ1v) is 5.60. The van der Waals surface area contributed by atoms with Gasteiger partial charge >= 0.3 is 6.18 Å². The third kappa shape index (κ3) is 4.02. The minimum atomic E-state index is -4.65. The Morgan fingerprint density at radius 2 is 2.05 bits per heavy atom. The highest BCUT2D eigenvalue weighted by molar-refractivity contribution is 5.80. The van der Waals surface area contributed by atoms with Crippen LogP contribution in [0.2, 0.25) is 0 Å². The number of alkyl halides is 3. The quantitative estimate of drug-likeness (QED) is 0.550. The van der Waals surface area contributed by atoms with E-state index in [0.717, 1.165) is 0 Å². The zero-order valence-electron chi connectivity index (χ0n) is 10.7.